The van der Waals surface area contributed by atoms with Crippen LogP contribution in [0.25, 0.3) is 16.3 Å². The number of nitrogens with two attached hydrogens (primary N) is 1. The van der Waals surface area contributed by atoms with Gasteiger partial charge in [-0.3, -0.25) is 4.79 Å². The first-order valence-electron chi connectivity index (χ1n) is 10.6. The molecular formula is C27H27NO3. The zero-order chi connectivity index (χ0) is 22.3. The van der Waals surface area contributed by atoms with Gasteiger partial charge in [-0.15, -0.1) is 0 Å². The second-order valence-corrected chi connectivity index (χ2v) is 9.20. The number of carboxylic acid groups (broad SMARTS) is 1. The van der Waals surface area contributed by atoms with Gasteiger partial charge in [0.1, 0.15) is 0 Å². The highest BCUT2D eigenvalue weighted by molar-refractivity contribution is 6.11. The highest BCUT2D eigenvalue weighted by Crippen LogP contribution is 2.48. The van der Waals surface area contributed by atoms with E-state index in [-0.39, 0.29) is 22.7 Å². The van der Waals surface area contributed by atoms with Crippen molar-refractivity contribution in [3.8, 4) is 0 Å². The molecule has 1 atom stereocenters. The number of carboxylic acids is 1. The van der Waals surface area contributed by atoms with Crippen molar-refractivity contribution in [2.45, 2.75) is 39.5 Å². The summed E-state index contributed by atoms with van der Waals surface area (Å²) in [5.74, 6) is -1.28. The molecule has 158 valence electrons. The maximum atomic E-state index is 13.5. The Kier molecular flexibility index (Phi) is 5.18. The molecule has 0 aliphatic heterocycles. The minimum absolute atomic E-state index is 0.0614. The highest BCUT2D eigenvalue weighted by Gasteiger charge is 2.37. The molecule has 0 saturated heterocycles. The van der Waals surface area contributed by atoms with Crippen molar-refractivity contribution in [2.75, 3.05) is 5.73 Å². The highest BCUT2D eigenvalue weighted by atomic mass is 16.4. The Bertz CT molecular complexity index is 1240. The molecule has 0 bridgehead atoms. The maximum Gasteiger partial charge on any atom is 0.335 e. The molecule has 0 radical (unpaired) electrons. The molecule has 31 heavy (non-hydrogen) atoms. The standard InChI is InChI=1S/C27H27NO3/c1-16(18-9-6-7-11-20(18)26(30)31)24-21(14-27(2,3)15-23(24)29)25-19-10-5-4-8-17(19)12-13-22(25)28/h4-13,16H,14-15,28H2,1-3H3,(H,30,31). The molecule has 0 spiro atoms. The lowest BCUT2D eigenvalue weighted by Gasteiger charge is -2.35. The van der Waals surface area contributed by atoms with Crippen LogP contribution in [0.4, 0.5) is 5.69 Å². The summed E-state index contributed by atoms with van der Waals surface area (Å²) in [7, 11) is 0. The number of anilines is 1. The normalized spacial score (nSPS) is 17.1. The number of nitrogen functional groups attached to an aromatic ring is 1. The third kappa shape index (κ3) is 3.74. The largest absolute Gasteiger partial charge is 0.478 e. The van der Waals surface area contributed by atoms with Crippen molar-refractivity contribution >= 4 is 33.8 Å². The molecule has 4 nitrogen and oxygen atoms in total. The smallest absolute Gasteiger partial charge is 0.335 e. The molecule has 1 aliphatic rings. The van der Waals surface area contributed by atoms with Gasteiger partial charge in [0.2, 0.25) is 0 Å². The lowest BCUT2D eigenvalue weighted by Crippen LogP contribution is -2.28. The minimum Gasteiger partial charge on any atom is -0.478 e. The molecule has 0 saturated carbocycles. The number of aromatic carboxylic acids is 1. The monoisotopic (exact) mass is 413 g/mol. The summed E-state index contributed by atoms with van der Waals surface area (Å²) in [6.07, 6.45) is 1.13. The van der Waals surface area contributed by atoms with Gasteiger partial charge in [-0.05, 0) is 45.9 Å². The predicted molar refractivity (Wildman–Crippen MR) is 125 cm³/mol. The van der Waals surface area contributed by atoms with E-state index in [9.17, 15) is 14.7 Å². The van der Waals surface area contributed by atoms with Gasteiger partial charge < -0.3 is 10.8 Å². The molecule has 4 heteroatoms. The van der Waals surface area contributed by atoms with Gasteiger partial charge in [-0.25, -0.2) is 4.79 Å². The third-order valence-corrected chi connectivity index (χ3v) is 6.27. The van der Waals surface area contributed by atoms with E-state index in [0.717, 1.165) is 21.9 Å². The van der Waals surface area contributed by atoms with Crippen LogP contribution in [-0.2, 0) is 4.79 Å². The van der Waals surface area contributed by atoms with E-state index in [1.807, 2.05) is 49.4 Å². The summed E-state index contributed by atoms with van der Waals surface area (Å²) in [4.78, 5) is 25.3. The Morgan fingerprint density at radius 2 is 1.68 bits per heavy atom. The van der Waals surface area contributed by atoms with Gasteiger partial charge in [-0.1, -0.05) is 69.3 Å². The molecule has 1 unspecified atom stereocenters. The molecule has 0 aromatic heterocycles. The first kappa shape index (κ1) is 20.9. The second-order valence-electron chi connectivity index (χ2n) is 9.20. The first-order valence-corrected chi connectivity index (χ1v) is 10.6. The average molecular weight is 414 g/mol. The fourth-order valence-corrected chi connectivity index (χ4v) is 4.91. The molecule has 0 amide bonds. The number of benzene rings is 3. The Morgan fingerprint density at radius 1 is 1.00 bits per heavy atom. The predicted octanol–water partition coefficient (Wildman–Crippen LogP) is 6.07. The van der Waals surface area contributed by atoms with E-state index in [1.54, 1.807) is 18.2 Å². The number of allylic oxidation sites excluding steroid dienone is 2. The maximum absolute atomic E-state index is 13.5. The van der Waals surface area contributed by atoms with E-state index in [1.165, 1.54) is 0 Å². The first-order chi connectivity index (χ1) is 14.7. The Morgan fingerprint density at radius 3 is 2.42 bits per heavy atom. The van der Waals surface area contributed by atoms with Gasteiger partial charge in [-0.2, -0.15) is 0 Å². The van der Waals surface area contributed by atoms with Gasteiger partial charge in [0.05, 0.1) is 5.56 Å². The van der Waals surface area contributed by atoms with E-state index in [4.69, 9.17) is 5.73 Å². The van der Waals surface area contributed by atoms with Crippen LogP contribution in [0, 0.1) is 5.41 Å². The van der Waals surface area contributed by atoms with Crippen molar-refractivity contribution in [3.05, 3.63) is 82.9 Å². The van der Waals surface area contributed by atoms with Gasteiger partial charge in [0.25, 0.3) is 0 Å². The number of ketones is 1. The fourth-order valence-electron chi connectivity index (χ4n) is 4.91. The van der Waals surface area contributed by atoms with Crippen LogP contribution in [0.3, 0.4) is 0 Å². The van der Waals surface area contributed by atoms with Crippen LogP contribution in [-0.4, -0.2) is 16.9 Å². The van der Waals surface area contributed by atoms with Crippen molar-refractivity contribution in [2.24, 2.45) is 5.41 Å². The number of carbonyl (C=O) groups is 2. The number of hydrogen-bond acceptors (Lipinski definition) is 3. The molecule has 0 heterocycles. The lowest BCUT2D eigenvalue weighted by molar-refractivity contribution is -0.118. The molecule has 4 rings (SSSR count). The van der Waals surface area contributed by atoms with Gasteiger partial charge >= 0.3 is 5.97 Å². The minimum atomic E-state index is -0.988. The fraction of sp³-hybridized carbons (Fsp3) is 0.259. The average Bonchev–Trinajstić information content (AvgIpc) is 2.72. The topological polar surface area (TPSA) is 80.4 Å². The van der Waals surface area contributed by atoms with E-state index >= 15 is 0 Å². The van der Waals surface area contributed by atoms with Crippen LogP contribution in [0.1, 0.15) is 61.0 Å². The summed E-state index contributed by atoms with van der Waals surface area (Å²) in [5.41, 5.74) is 10.3. The number of Topliss-reactive ketones (excluding diaryl/α,β-unsaturated/α-hetero) is 1. The molecule has 3 aromatic rings. The van der Waals surface area contributed by atoms with E-state index < -0.39 is 5.97 Å². The molecular weight excluding hydrogens is 386 g/mol. The van der Waals surface area contributed by atoms with Crippen LogP contribution >= 0.6 is 0 Å². The molecule has 0 fully saturated rings. The zero-order valence-corrected chi connectivity index (χ0v) is 18.1. The summed E-state index contributed by atoms with van der Waals surface area (Å²) in [6, 6.07) is 18.9. The van der Waals surface area contributed by atoms with E-state index in [2.05, 4.69) is 13.8 Å². The molecule has 1 aliphatic carbocycles. The molecule has 3 N–H and O–H groups in total. The van der Waals surface area contributed by atoms with Crippen molar-refractivity contribution in [1.82, 2.24) is 0 Å². The summed E-state index contributed by atoms with van der Waals surface area (Å²) < 4.78 is 0. The van der Waals surface area contributed by atoms with Crippen LogP contribution in [0.5, 0.6) is 0 Å². The number of carbonyl (C=O) groups excluding carboxylic acids is 1. The van der Waals surface area contributed by atoms with Gasteiger partial charge in [0, 0.05) is 29.2 Å². The second kappa shape index (κ2) is 7.69. The summed E-state index contributed by atoms with van der Waals surface area (Å²) >= 11 is 0. The number of rotatable bonds is 4. The number of hydrogen-bond donors (Lipinski definition) is 2. The lowest BCUT2D eigenvalue weighted by atomic mass is 9.68. The Balaban J connectivity index is 2.03. The van der Waals surface area contributed by atoms with Crippen molar-refractivity contribution in [1.29, 1.82) is 0 Å². The van der Waals surface area contributed by atoms with E-state index in [0.29, 0.717) is 29.7 Å². The Hall–Kier alpha value is -3.40. The van der Waals surface area contributed by atoms with Crippen molar-refractivity contribution < 1.29 is 14.7 Å². The quantitative estimate of drug-likeness (QED) is 0.509. The summed E-state index contributed by atoms with van der Waals surface area (Å²) in [6.45, 7) is 6.12. The van der Waals surface area contributed by atoms with Crippen LogP contribution in [0.2, 0.25) is 0 Å². The Labute approximate surface area is 182 Å². The SMILES string of the molecule is CC(C1=C(c2c(N)ccc3ccccc23)CC(C)(C)CC1=O)c1ccccc1C(=O)O. The van der Waals surface area contributed by atoms with Crippen LogP contribution in [0.15, 0.2) is 66.2 Å². The molecule has 3 aromatic carbocycles. The van der Waals surface area contributed by atoms with Gasteiger partial charge in [0.15, 0.2) is 5.78 Å². The van der Waals surface area contributed by atoms with Crippen LogP contribution < -0.4 is 5.73 Å². The summed E-state index contributed by atoms with van der Waals surface area (Å²) in [5, 5.41) is 11.8. The third-order valence-electron chi connectivity index (χ3n) is 6.27. The van der Waals surface area contributed by atoms with Crippen molar-refractivity contribution in [3.63, 3.8) is 0 Å². The number of fused-ring (bicyclic) bond motifs is 1. The zero-order valence-electron chi connectivity index (χ0n) is 18.1.